The number of hydrogen-bond donors (Lipinski definition) is 2. The first kappa shape index (κ1) is 23.9. The van der Waals surface area contributed by atoms with E-state index in [1.54, 1.807) is 24.3 Å². The van der Waals surface area contributed by atoms with Crippen LogP contribution in [0.1, 0.15) is 12.8 Å². The Morgan fingerprint density at radius 3 is 2.70 bits per heavy atom. The third kappa shape index (κ3) is 6.03. The number of nitrogens with zero attached hydrogens (tertiary/aromatic N) is 3. The molecule has 0 aliphatic carbocycles. The van der Waals surface area contributed by atoms with Crippen LogP contribution in [0.2, 0.25) is 0 Å². The first-order valence-electron chi connectivity index (χ1n) is 10.6. The minimum Gasteiger partial charge on any atom is -0.355 e. The van der Waals surface area contributed by atoms with E-state index in [-0.39, 0.29) is 23.3 Å². The van der Waals surface area contributed by atoms with Gasteiger partial charge < -0.3 is 5.32 Å². The number of benzene rings is 2. The molecule has 174 valence electrons. The first-order chi connectivity index (χ1) is 15.9. The van der Waals surface area contributed by atoms with Gasteiger partial charge in [0.15, 0.2) is 5.82 Å². The topological polar surface area (TPSA) is 108 Å². The number of thioether (sulfide) groups is 1. The molecule has 1 fully saturated rings. The van der Waals surface area contributed by atoms with Crippen LogP contribution >= 0.6 is 27.7 Å². The van der Waals surface area contributed by atoms with Gasteiger partial charge in [0.05, 0.1) is 10.8 Å². The largest absolute Gasteiger partial charge is 0.355 e. The minimum absolute atomic E-state index is 0.119. The standard InChI is InChI=1S/C22H24BrN5O3S2/c23-18-8-10-19(11-9-18)33(30,31)28-13-4-7-17(15-28)21(29)24-12-14-32-22-25-20(26-27-22)16-5-2-1-3-6-16/h1-3,5-6,8-11,17H,4,7,12-15H2,(H,24,29)(H,25,26,27)/t17-/m0/s1. The maximum atomic E-state index is 12.9. The van der Waals surface area contributed by atoms with E-state index in [0.29, 0.717) is 42.7 Å². The normalized spacial score (nSPS) is 17.1. The highest BCUT2D eigenvalue weighted by Gasteiger charge is 2.33. The fourth-order valence-corrected chi connectivity index (χ4v) is 6.07. The van der Waals surface area contributed by atoms with Crippen molar-refractivity contribution in [3.05, 3.63) is 59.1 Å². The quantitative estimate of drug-likeness (QED) is 0.328. The highest BCUT2D eigenvalue weighted by atomic mass is 79.9. The van der Waals surface area contributed by atoms with Gasteiger partial charge in [-0.1, -0.05) is 58.0 Å². The van der Waals surface area contributed by atoms with Gasteiger partial charge in [-0.2, -0.15) is 4.31 Å². The van der Waals surface area contributed by atoms with Crippen molar-refractivity contribution in [1.82, 2.24) is 24.8 Å². The van der Waals surface area contributed by atoms with Crippen molar-refractivity contribution in [3.63, 3.8) is 0 Å². The van der Waals surface area contributed by atoms with Gasteiger partial charge in [0.25, 0.3) is 0 Å². The van der Waals surface area contributed by atoms with Crippen molar-refractivity contribution in [3.8, 4) is 11.4 Å². The van der Waals surface area contributed by atoms with E-state index in [1.807, 2.05) is 30.3 Å². The van der Waals surface area contributed by atoms with Gasteiger partial charge in [0.2, 0.25) is 21.1 Å². The van der Waals surface area contributed by atoms with Gasteiger partial charge in [-0.3, -0.25) is 9.89 Å². The third-order valence-electron chi connectivity index (χ3n) is 5.35. The second-order valence-electron chi connectivity index (χ2n) is 7.63. The van der Waals surface area contributed by atoms with Crippen LogP contribution in [0.4, 0.5) is 0 Å². The van der Waals surface area contributed by atoms with E-state index in [0.717, 1.165) is 10.0 Å². The molecule has 1 aliphatic rings. The number of amides is 1. The van der Waals surface area contributed by atoms with Crippen molar-refractivity contribution < 1.29 is 13.2 Å². The highest BCUT2D eigenvalue weighted by Crippen LogP contribution is 2.25. The molecule has 11 heteroatoms. The van der Waals surface area contributed by atoms with E-state index in [2.05, 4.69) is 36.4 Å². The van der Waals surface area contributed by atoms with Crippen LogP contribution in [0, 0.1) is 5.92 Å². The van der Waals surface area contributed by atoms with E-state index < -0.39 is 10.0 Å². The Morgan fingerprint density at radius 2 is 1.94 bits per heavy atom. The Kier molecular flexibility index (Phi) is 7.84. The molecule has 33 heavy (non-hydrogen) atoms. The number of H-pyrrole nitrogens is 1. The molecule has 1 saturated heterocycles. The minimum atomic E-state index is -3.62. The second kappa shape index (κ2) is 10.8. The molecule has 3 aromatic rings. The molecule has 1 aliphatic heterocycles. The van der Waals surface area contributed by atoms with Gasteiger partial charge in [-0.25, -0.2) is 13.4 Å². The zero-order valence-corrected chi connectivity index (χ0v) is 21.0. The summed E-state index contributed by atoms with van der Waals surface area (Å²) in [5.41, 5.74) is 0.963. The summed E-state index contributed by atoms with van der Waals surface area (Å²) in [6.07, 6.45) is 1.33. The maximum absolute atomic E-state index is 12.9. The highest BCUT2D eigenvalue weighted by molar-refractivity contribution is 9.10. The van der Waals surface area contributed by atoms with Gasteiger partial charge >= 0.3 is 0 Å². The zero-order chi connectivity index (χ0) is 23.3. The lowest BCUT2D eigenvalue weighted by atomic mass is 9.99. The van der Waals surface area contributed by atoms with Crippen LogP contribution in [0.3, 0.4) is 0 Å². The number of sulfonamides is 1. The fourth-order valence-electron chi connectivity index (χ4n) is 3.63. The molecule has 0 saturated carbocycles. The predicted molar refractivity (Wildman–Crippen MR) is 131 cm³/mol. The SMILES string of the molecule is O=C(NCCSc1n[nH]c(-c2ccccc2)n1)[C@H]1CCCN(S(=O)(=O)c2ccc(Br)cc2)C1. The molecule has 8 nitrogen and oxygen atoms in total. The Balaban J connectivity index is 1.26. The predicted octanol–water partition coefficient (Wildman–Crippen LogP) is 3.54. The van der Waals surface area contributed by atoms with Gasteiger partial charge in [0.1, 0.15) is 0 Å². The van der Waals surface area contributed by atoms with Gasteiger partial charge in [0, 0.05) is 35.4 Å². The number of carbonyl (C=O) groups excluding carboxylic acids is 1. The maximum Gasteiger partial charge on any atom is 0.243 e. The third-order valence-corrected chi connectivity index (χ3v) is 8.61. The average molecular weight is 551 g/mol. The Morgan fingerprint density at radius 1 is 1.18 bits per heavy atom. The molecular formula is C22H24BrN5O3S2. The summed E-state index contributed by atoms with van der Waals surface area (Å²) in [5.74, 6) is 0.843. The number of hydrogen-bond acceptors (Lipinski definition) is 6. The summed E-state index contributed by atoms with van der Waals surface area (Å²) in [5, 5.41) is 10.7. The molecule has 0 bridgehead atoms. The van der Waals surface area contributed by atoms with E-state index >= 15 is 0 Å². The number of halogens is 1. The lowest BCUT2D eigenvalue weighted by Crippen LogP contribution is -2.45. The Labute approximate surface area is 205 Å². The van der Waals surface area contributed by atoms with Crippen LogP contribution in [0.15, 0.2) is 69.1 Å². The molecule has 2 N–H and O–H groups in total. The Bertz CT molecular complexity index is 1190. The second-order valence-corrected chi connectivity index (χ2v) is 11.5. The monoisotopic (exact) mass is 549 g/mol. The number of aromatic nitrogens is 3. The Hall–Kier alpha value is -2.21. The van der Waals surface area contributed by atoms with E-state index in [4.69, 9.17) is 0 Å². The molecule has 2 aromatic carbocycles. The first-order valence-corrected chi connectivity index (χ1v) is 13.8. The number of carbonyl (C=O) groups is 1. The number of aromatic amines is 1. The molecule has 0 radical (unpaired) electrons. The molecule has 1 atom stereocenters. The van der Waals surface area contributed by atoms with Crippen molar-refractivity contribution in [2.24, 2.45) is 5.92 Å². The summed E-state index contributed by atoms with van der Waals surface area (Å²) in [6, 6.07) is 16.3. The van der Waals surface area contributed by atoms with Crippen LogP contribution in [-0.4, -0.2) is 59.2 Å². The van der Waals surface area contributed by atoms with Crippen LogP contribution < -0.4 is 5.32 Å². The fraction of sp³-hybridized carbons (Fsp3) is 0.318. The van der Waals surface area contributed by atoms with Crippen molar-refractivity contribution >= 4 is 43.6 Å². The number of piperidine rings is 1. The molecule has 0 spiro atoms. The van der Waals surface area contributed by atoms with E-state index in [1.165, 1.54) is 16.1 Å². The van der Waals surface area contributed by atoms with Crippen molar-refractivity contribution in [2.45, 2.75) is 22.9 Å². The summed E-state index contributed by atoms with van der Waals surface area (Å²) in [7, 11) is -3.62. The molecule has 1 amide bonds. The summed E-state index contributed by atoms with van der Waals surface area (Å²) < 4.78 is 28.1. The van der Waals surface area contributed by atoms with Gasteiger partial charge in [-0.15, -0.1) is 5.10 Å². The summed E-state index contributed by atoms with van der Waals surface area (Å²) in [4.78, 5) is 17.4. The van der Waals surface area contributed by atoms with E-state index in [9.17, 15) is 13.2 Å². The van der Waals surface area contributed by atoms with Gasteiger partial charge in [-0.05, 0) is 37.1 Å². The molecule has 1 aromatic heterocycles. The number of rotatable bonds is 8. The smallest absolute Gasteiger partial charge is 0.243 e. The zero-order valence-electron chi connectivity index (χ0n) is 17.8. The molecule has 4 rings (SSSR count). The van der Waals surface area contributed by atoms with Crippen LogP contribution in [-0.2, 0) is 14.8 Å². The average Bonchev–Trinajstić information content (AvgIpc) is 3.32. The molecular weight excluding hydrogens is 526 g/mol. The van der Waals surface area contributed by atoms with Crippen molar-refractivity contribution in [2.75, 3.05) is 25.4 Å². The molecule has 0 unspecified atom stereocenters. The van der Waals surface area contributed by atoms with Crippen molar-refractivity contribution in [1.29, 1.82) is 0 Å². The summed E-state index contributed by atoms with van der Waals surface area (Å²) in [6.45, 7) is 1.07. The lowest BCUT2D eigenvalue weighted by molar-refractivity contribution is -0.125. The lowest BCUT2D eigenvalue weighted by Gasteiger charge is -2.31. The molecule has 2 heterocycles. The van der Waals surface area contributed by atoms with Crippen LogP contribution in [0.25, 0.3) is 11.4 Å². The summed E-state index contributed by atoms with van der Waals surface area (Å²) >= 11 is 4.77. The van der Waals surface area contributed by atoms with Crippen LogP contribution in [0.5, 0.6) is 0 Å². The number of nitrogens with one attached hydrogen (secondary N) is 2.